The van der Waals surface area contributed by atoms with E-state index < -0.39 is 5.91 Å². The largest absolute Gasteiger partial charge is 0.486 e. The maximum atomic E-state index is 13.0. The summed E-state index contributed by atoms with van der Waals surface area (Å²) in [7, 11) is 4.96. The average Bonchev–Trinajstić information content (AvgIpc) is 3.61. The molecule has 0 atom stereocenters. The number of benzene rings is 3. The van der Waals surface area contributed by atoms with Gasteiger partial charge < -0.3 is 24.6 Å². The van der Waals surface area contributed by atoms with Gasteiger partial charge in [0.15, 0.2) is 0 Å². The van der Waals surface area contributed by atoms with Crippen LogP contribution in [0.2, 0.25) is 10.0 Å². The molecule has 5 rings (SSSR count). The smallest absolute Gasteiger partial charge is 0.296 e. The van der Waals surface area contributed by atoms with Crippen molar-refractivity contribution in [3.05, 3.63) is 81.8 Å². The molecule has 3 aromatic carbocycles. The van der Waals surface area contributed by atoms with E-state index in [9.17, 15) is 14.4 Å². The number of carbonyl (C=O) groups excluding carboxylic acids is 3. The van der Waals surface area contributed by atoms with Gasteiger partial charge in [-0.1, -0.05) is 41.4 Å². The van der Waals surface area contributed by atoms with Gasteiger partial charge in [0.25, 0.3) is 6.01 Å². The minimum Gasteiger partial charge on any atom is -0.486 e. The van der Waals surface area contributed by atoms with Gasteiger partial charge >= 0.3 is 0 Å². The lowest BCUT2D eigenvalue weighted by Crippen LogP contribution is -2.37. The van der Waals surface area contributed by atoms with Gasteiger partial charge in [-0.3, -0.25) is 19.0 Å². The number of nitrogens with one attached hydrogen (secondary N) is 1. The number of likely N-dealkylation sites (N-methyl/N-ethyl adjacent to an activating group) is 1. The van der Waals surface area contributed by atoms with Crippen molar-refractivity contribution in [3.8, 4) is 11.8 Å². The number of methoxy groups -OCH3 is 1. The number of hydrogen-bond acceptors (Lipinski definition) is 6. The second-order valence-corrected chi connectivity index (χ2v) is 11.0. The molecule has 10 nitrogen and oxygen atoms in total. The molecule has 3 amide bonds. The lowest BCUT2D eigenvalue weighted by Gasteiger charge is -2.21. The maximum Gasteiger partial charge on any atom is 0.296 e. The molecule has 1 aliphatic rings. The van der Waals surface area contributed by atoms with Crippen molar-refractivity contribution >= 4 is 69.4 Å². The molecule has 4 aromatic rings. The summed E-state index contributed by atoms with van der Waals surface area (Å²) in [6.45, 7) is 0.500. The van der Waals surface area contributed by atoms with Crippen molar-refractivity contribution in [1.82, 2.24) is 14.9 Å². The molecule has 228 valence electrons. The molecule has 1 saturated heterocycles. The van der Waals surface area contributed by atoms with Gasteiger partial charge in [-0.15, -0.1) is 0 Å². The van der Waals surface area contributed by atoms with Crippen molar-refractivity contribution in [2.24, 2.45) is 7.05 Å². The zero-order valence-electron chi connectivity index (χ0n) is 24.5. The number of amides is 3. The Balaban J connectivity index is 1.19. The Labute approximate surface area is 264 Å². The number of halogens is 2. The van der Waals surface area contributed by atoms with E-state index in [2.05, 4.69) is 10.3 Å². The predicted octanol–water partition coefficient (Wildman–Crippen LogP) is 5.39. The molecule has 12 heteroatoms. The number of fused-ring (bicyclic) bond motifs is 1. The van der Waals surface area contributed by atoms with Crippen LogP contribution in [0.5, 0.6) is 11.8 Å². The molecule has 0 aliphatic carbocycles. The van der Waals surface area contributed by atoms with E-state index in [-0.39, 0.29) is 30.0 Å². The monoisotopic (exact) mass is 635 g/mol. The Bertz CT molecular complexity index is 1750. The van der Waals surface area contributed by atoms with E-state index in [4.69, 9.17) is 32.7 Å². The van der Waals surface area contributed by atoms with Crippen LogP contribution in [-0.4, -0.2) is 54.5 Å². The van der Waals surface area contributed by atoms with E-state index in [1.54, 1.807) is 43.3 Å². The van der Waals surface area contributed by atoms with Crippen molar-refractivity contribution in [3.63, 3.8) is 0 Å². The highest BCUT2D eigenvalue weighted by atomic mass is 35.5. The first kappa shape index (κ1) is 30.9. The van der Waals surface area contributed by atoms with Gasteiger partial charge in [0.1, 0.15) is 17.9 Å². The zero-order chi connectivity index (χ0) is 31.4. The van der Waals surface area contributed by atoms with E-state index in [0.717, 1.165) is 23.2 Å². The Morgan fingerprint density at radius 3 is 2.59 bits per heavy atom. The number of nitrogens with zero attached hydrogens (tertiary/aromatic N) is 4. The molecule has 0 spiro atoms. The number of hydrogen-bond donors (Lipinski definition) is 1. The first-order chi connectivity index (χ1) is 21.2. The minimum absolute atomic E-state index is 0.0301. The zero-order valence-corrected chi connectivity index (χ0v) is 26.0. The van der Waals surface area contributed by atoms with Crippen LogP contribution in [0.3, 0.4) is 0 Å². The number of carbonyl (C=O) groups is 3. The third-order valence-electron chi connectivity index (χ3n) is 7.41. The molecule has 44 heavy (non-hydrogen) atoms. The topological polar surface area (TPSA) is 106 Å². The number of para-hydroxylation sites is 1. The number of rotatable bonds is 10. The van der Waals surface area contributed by atoms with Crippen molar-refractivity contribution in [2.75, 3.05) is 37.0 Å². The molecule has 1 fully saturated rings. The van der Waals surface area contributed by atoms with Crippen LogP contribution >= 0.6 is 23.2 Å². The van der Waals surface area contributed by atoms with E-state index >= 15 is 0 Å². The fourth-order valence-corrected chi connectivity index (χ4v) is 5.53. The predicted molar refractivity (Wildman–Crippen MR) is 172 cm³/mol. The minimum atomic E-state index is -0.429. The highest BCUT2D eigenvalue weighted by Crippen LogP contribution is 2.36. The molecule has 1 aliphatic heterocycles. The summed E-state index contributed by atoms with van der Waals surface area (Å²) in [6.07, 6.45) is 4.42. The standard InChI is InChI=1S/C32H31Cl2N5O5/c1-37(29(42)18-35-27(40)16-11-20-9-12-21(13-10-20)39-17-5-8-28(39)41)24-15-14-23(33)22(30(24)34)19-44-26-7-4-6-25-31(26)36-32(43-3)38(25)2/h4,6-7,9-16H,5,8,17-19H2,1-3H3,(H,35,40)/b16-11+. The molecule has 0 radical (unpaired) electrons. The third kappa shape index (κ3) is 6.51. The quantitative estimate of drug-likeness (QED) is 0.234. The van der Waals surface area contributed by atoms with Gasteiger partial charge in [0.2, 0.25) is 17.7 Å². The second kappa shape index (κ2) is 13.4. The van der Waals surface area contributed by atoms with Gasteiger partial charge in [0.05, 0.1) is 29.9 Å². The van der Waals surface area contributed by atoms with Crippen LogP contribution in [0.1, 0.15) is 24.0 Å². The summed E-state index contributed by atoms with van der Waals surface area (Å²) >= 11 is 13.2. The van der Waals surface area contributed by atoms with E-state index in [1.807, 2.05) is 48.0 Å². The Hall–Kier alpha value is -4.54. The van der Waals surface area contributed by atoms with Crippen LogP contribution in [0.4, 0.5) is 11.4 Å². The Kier molecular flexibility index (Phi) is 9.41. The first-order valence-electron chi connectivity index (χ1n) is 13.9. The fraction of sp³-hybridized carbons (Fsp3) is 0.250. The summed E-state index contributed by atoms with van der Waals surface area (Å²) in [5.74, 6) is -0.168. The van der Waals surface area contributed by atoms with Crippen molar-refractivity contribution < 1.29 is 23.9 Å². The van der Waals surface area contributed by atoms with Crippen LogP contribution in [0.25, 0.3) is 17.1 Å². The van der Waals surface area contributed by atoms with E-state index in [1.165, 1.54) is 11.0 Å². The Morgan fingerprint density at radius 2 is 1.89 bits per heavy atom. The highest BCUT2D eigenvalue weighted by Gasteiger charge is 2.22. The summed E-state index contributed by atoms with van der Waals surface area (Å²) in [6, 6.07) is 16.6. The first-order valence-corrected chi connectivity index (χ1v) is 14.7. The van der Waals surface area contributed by atoms with Gasteiger partial charge in [-0.2, -0.15) is 4.98 Å². The maximum absolute atomic E-state index is 13.0. The van der Waals surface area contributed by atoms with Crippen LogP contribution < -0.4 is 24.6 Å². The lowest BCUT2D eigenvalue weighted by atomic mass is 10.2. The normalized spacial score (nSPS) is 13.1. The molecule has 0 saturated carbocycles. The number of aryl methyl sites for hydroxylation is 1. The molecule has 1 N–H and O–H groups in total. The molecular formula is C32H31Cl2N5O5. The molecule has 2 heterocycles. The summed E-state index contributed by atoms with van der Waals surface area (Å²) in [4.78, 5) is 44.9. The third-order valence-corrected chi connectivity index (χ3v) is 8.18. The van der Waals surface area contributed by atoms with Gasteiger partial charge in [-0.05, 0) is 54.5 Å². The molecular weight excluding hydrogens is 605 g/mol. The van der Waals surface area contributed by atoms with Gasteiger partial charge in [0, 0.05) is 49.4 Å². The van der Waals surface area contributed by atoms with Crippen LogP contribution in [-0.2, 0) is 28.0 Å². The summed E-state index contributed by atoms with van der Waals surface area (Å²) in [5.41, 5.74) is 4.00. The fourth-order valence-electron chi connectivity index (χ4n) is 4.93. The highest BCUT2D eigenvalue weighted by molar-refractivity contribution is 6.38. The van der Waals surface area contributed by atoms with E-state index in [0.29, 0.717) is 46.5 Å². The molecule has 0 unspecified atom stereocenters. The number of imidazole rings is 1. The Morgan fingerprint density at radius 1 is 1.11 bits per heavy atom. The number of aromatic nitrogens is 2. The van der Waals surface area contributed by atoms with Gasteiger partial charge in [-0.25, -0.2) is 0 Å². The molecule has 0 bridgehead atoms. The van der Waals surface area contributed by atoms with Crippen molar-refractivity contribution in [2.45, 2.75) is 19.4 Å². The number of ether oxygens (including phenoxy) is 2. The number of anilines is 2. The second-order valence-electron chi connectivity index (χ2n) is 10.2. The SMILES string of the molecule is COc1nc2c(OCc3c(Cl)ccc(N(C)C(=O)CNC(=O)/C=C/c4ccc(N5CCCC5=O)cc4)c3Cl)cccc2n1C. The molecule has 1 aromatic heterocycles. The van der Waals surface area contributed by atoms with Crippen LogP contribution in [0, 0.1) is 0 Å². The van der Waals surface area contributed by atoms with Crippen LogP contribution in [0.15, 0.2) is 60.7 Å². The average molecular weight is 637 g/mol. The van der Waals surface area contributed by atoms with Crippen molar-refractivity contribution in [1.29, 1.82) is 0 Å². The summed E-state index contributed by atoms with van der Waals surface area (Å²) < 4.78 is 13.2. The lowest BCUT2D eigenvalue weighted by molar-refractivity contribution is -0.122. The summed E-state index contributed by atoms with van der Waals surface area (Å²) in [5, 5.41) is 3.24.